The van der Waals surface area contributed by atoms with Crippen LogP contribution in [0.4, 0.5) is 5.69 Å². The summed E-state index contributed by atoms with van der Waals surface area (Å²) in [5.41, 5.74) is 0.633. The fraction of sp³-hybridized carbons (Fsp3) is 0.429. The zero-order valence-corrected chi connectivity index (χ0v) is 12.7. The van der Waals surface area contributed by atoms with Crippen LogP contribution in [0.2, 0.25) is 0 Å². The summed E-state index contributed by atoms with van der Waals surface area (Å²) in [6.07, 6.45) is 0.916. The number of alkyl halides is 1. The summed E-state index contributed by atoms with van der Waals surface area (Å²) in [6, 6.07) is 7.16. The van der Waals surface area contributed by atoms with Crippen molar-refractivity contribution in [3.8, 4) is 5.75 Å². The average molecular weight is 328 g/mol. The highest BCUT2D eigenvalue weighted by Gasteiger charge is 2.09. The summed E-state index contributed by atoms with van der Waals surface area (Å²) >= 11 is 3.03. The van der Waals surface area contributed by atoms with Gasteiger partial charge in [-0.1, -0.05) is 28.9 Å². The number of Topliss-reactive ketones (excluding diaryl/α,β-unsaturated/α-hetero) is 1. The Morgan fingerprint density at radius 2 is 2.16 bits per heavy atom. The van der Waals surface area contributed by atoms with E-state index in [1.54, 1.807) is 18.2 Å². The molecule has 0 bridgehead atoms. The van der Waals surface area contributed by atoms with Gasteiger partial charge in [0.1, 0.15) is 5.75 Å². The summed E-state index contributed by atoms with van der Waals surface area (Å²) in [5.74, 6) is 0.244. The normalized spacial score (nSPS) is 11.7. The molecule has 4 nitrogen and oxygen atoms in total. The van der Waals surface area contributed by atoms with Crippen LogP contribution in [0, 0.1) is 0 Å². The molecule has 0 aliphatic carbocycles. The Hall–Kier alpha value is -1.36. The van der Waals surface area contributed by atoms with Crippen LogP contribution in [0.3, 0.4) is 0 Å². The Labute approximate surface area is 121 Å². The number of hydrogen-bond donors (Lipinski definition) is 1. The molecule has 0 saturated carbocycles. The quantitative estimate of drug-likeness (QED) is 0.618. The van der Waals surface area contributed by atoms with Crippen molar-refractivity contribution in [2.24, 2.45) is 0 Å². The van der Waals surface area contributed by atoms with Crippen LogP contribution in [0.25, 0.3) is 0 Å². The monoisotopic (exact) mass is 327 g/mol. The lowest BCUT2D eigenvalue weighted by Crippen LogP contribution is -2.17. The fourth-order valence-electron chi connectivity index (χ4n) is 1.39. The van der Waals surface area contributed by atoms with Crippen LogP contribution in [-0.2, 0) is 9.59 Å². The van der Waals surface area contributed by atoms with Crippen LogP contribution < -0.4 is 10.1 Å². The Bertz CT molecular complexity index is 448. The highest BCUT2D eigenvalue weighted by Crippen LogP contribution is 2.19. The van der Waals surface area contributed by atoms with Gasteiger partial charge in [-0.15, -0.1) is 0 Å². The summed E-state index contributed by atoms with van der Waals surface area (Å²) in [7, 11) is 0. The van der Waals surface area contributed by atoms with Gasteiger partial charge in [0, 0.05) is 11.8 Å². The molecule has 0 aliphatic heterocycles. The Morgan fingerprint density at radius 1 is 1.42 bits per heavy atom. The Kier molecular flexibility index (Phi) is 6.56. The van der Waals surface area contributed by atoms with E-state index in [0.29, 0.717) is 11.4 Å². The zero-order chi connectivity index (χ0) is 14.3. The molecule has 0 aliphatic rings. The summed E-state index contributed by atoms with van der Waals surface area (Å²) in [4.78, 5) is 22.7. The average Bonchev–Trinajstić information content (AvgIpc) is 2.38. The smallest absolute Gasteiger partial charge is 0.231 e. The van der Waals surface area contributed by atoms with Crippen molar-refractivity contribution in [3.63, 3.8) is 0 Å². The maximum atomic E-state index is 11.6. The molecule has 0 radical (unpaired) electrons. The molecular formula is C14H18BrNO3. The number of ether oxygens (including phenoxy) is 1. The number of nitrogens with one attached hydrogen (secondary N) is 1. The minimum Gasteiger partial charge on any atom is -0.491 e. The molecule has 1 N–H and O–H groups in total. The molecule has 1 atom stereocenters. The number of anilines is 1. The number of hydrogen-bond acceptors (Lipinski definition) is 3. The summed E-state index contributed by atoms with van der Waals surface area (Å²) in [6.45, 7) is 4.03. The van der Waals surface area contributed by atoms with Gasteiger partial charge in [0.05, 0.1) is 17.9 Å². The minimum atomic E-state index is -0.315. The first-order valence-corrected chi connectivity index (χ1v) is 7.31. The van der Waals surface area contributed by atoms with Crippen molar-refractivity contribution in [2.75, 3.05) is 10.6 Å². The Morgan fingerprint density at radius 3 is 2.79 bits per heavy atom. The van der Waals surface area contributed by atoms with Gasteiger partial charge in [-0.25, -0.2) is 0 Å². The molecule has 1 aromatic rings. The van der Waals surface area contributed by atoms with E-state index in [4.69, 9.17) is 4.74 Å². The van der Waals surface area contributed by atoms with Crippen molar-refractivity contribution in [3.05, 3.63) is 24.3 Å². The molecule has 19 heavy (non-hydrogen) atoms. The minimum absolute atomic E-state index is 0.123. The fourth-order valence-corrected chi connectivity index (χ4v) is 1.59. The second kappa shape index (κ2) is 7.94. The molecule has 104 valence electrons. The second-order valence-electron chi connectivity index (χ2n) is 4.26. The molecule has 1 amide bonds. The summed E-state index contributed by atoms with van der Waals surface area (Å²) < 4.78 is 5.66. The predicted octanol–water partition coefficient (Wildman–Crippen LogP) is 3.16. The number of carbonyl (C=O) groups excluding carboxylic acids is 2. The lowest BCUT2D eigenvalue weighted by Gasteiger charge is -2.13. The first kappa shape index (κ1) is 15.7. The number of halogens is 1. The van der Waals surface area contributed by atoms with E-state index in [2.05, 4.69) is 21.2 Å². The van der Waals surface area contributed by atoms with Gasteiger partial charge < -0.3 is 10.1 Å². The maximum Gasteiger partial charge on any atom is 0.231 e. The third kappa shape index (κ3) is 5.87. The van der Waals surface area contributed by atoms with Crippen LogP contribution >= 0.6 is 15.9 Å². The molecule has 0 spiro atoms. The lowest BCUT2D eigenvalue weighted by atomic mass is 10.2. The zero-order valence-electron chi connectivity index (χ0n) is 11.1. The van der Waals surface area contributed by atoms with Gasteiger partial charge in [-0.05, 0) is 25.5 Å². The van der Waals surface area contributed by atoms with Crippen molar-refractivity contribution in [2.45, 2.75) is 32.8 Å². The first-order valence-electron chi connectivity index (χ1n) is 6.19. The van der Waals surface area contributed by atoms with E-state index in [-0.39, 0.29) is 29.5 Å². The van der Waals surface area contributed by atoms with E-state index in [1.165, 1.54) is 0 Å². The molecule has 0 heterocycles. The SMILES string of the molecule is CCC(C)Oc1cccc(NC(=O)CC(=O)CBr)c1. The largest absolute Gasteiger partial charge is 0.491 e. The van der Waals surface area contributed by atoms with Gasteiger partial charge in [0.2, 0.25) is 5.91 Å². The standard InChI is InChI=1S/C14H18BrNO3/c1-3-10(2)19-13-6-4-5-11(7-13)16-14(18)8-12(17)9-15/h4-7,10H,3,8-9H2,1-2H3,(H,16,18). The van der Waals surface area contributed by atoms with E-state index in [0.717, 1.165) is 6.42 Å². The molecule has 0 fully saturated rings. The van der Waals surface area contributed by atoms with Gasteiger partial charge in [0.25, 0.3) is 0 Å². The highest BCUT2D eigenvalue weighted by atomic mass is 79.9. The highest BCUT2D eigenvalue weighted by molar-refractivity contribution is 9.09. The molecule has 1 aromatic carbocycles. The Balaban J connectivity index is 2.61. The molecule has 0 saturated heterocycles. The molecular weight excluding hydrogens is 310 g/mol. The van der Waals surface area contributed by atoms with Gasteiger partial charge >= 0.3 is 0 Å². The van der Waals surface area contributed by atoms with Crippen molar-refractivity contribution in [1.82, 2.24) is 0 Å². The number of benzene rings is 1. The molecule has 1 rings (SSSR count). The lowest BCUT2D eigenvalue weighted by molar-refractivity contribution is -0.123. The number of carbonyl (C=O) groups is 2. The van der Waals surface area contributed by atoms with Crippen molar-refractivity contribution < 1.29 is 14.3 Å². The van der Waals surface area contributed by atoms with Crippen molar-refractivity contribution in [1.29, 1.82) is 0 Å². The first-order chi connectivity index (χ1) is 9.05. The predicted molar refractivity (Wildman–Crippen MR) is 78.9 cm³/mol. The van der Waals surface area contributed by atoms with E-state index >= 15 is 0 Å². The third-order valence-electron chi connectivity index (χ3n) is 2.54. The van der Waals surface area contributed by atoms with Crippen molar-refractivity contribution >= 4 is 33.3 Å². The molecule has 1 unspecified atom stereocenters. The van der Waals surface area contributed by atoms with E-state index < -0.39 is 0 Å². The number of rotatable bonds is 7. The summed E-state index contributed by atoms with van der Waals surface area (Å²) in [5, 5.41) is 2.87. The van der Waals surface area contributed by atoms with E-state index in [9.17, 15) is 9.59 Å². The van der Waals surface area contributed by atoms with Gasteiger partial charge in [-0.2, -0.15) is 0 Å². The number of amides is 1. The van der Waals surface area contributed by atoms with Gasteiger partial charge in [0.15, 0.2) is 5.78 Å². The van der Waals surface area contributed by atoms with Crippen LogP contribution in [0.15, 0.2) is 24.3 Å². The van der Waals surface area contributed by atoms with E-state index in [1.807, 2.05) is 19.9 Å². The topological polar surface area (TPSA) is 55.4 Å². The molecule has 5 heteroatoms. The van der Waals surface area contributed by atoms with Crippen LogP contribution in [-0.4, -0.2) is 23.1 Å². The number of ketones is 1. The third-order valence-corrected chi connectivity index (χ3v) is 3.16. The second-order valence-corrected chi connectivity index (χ2v) is 4.82. The maximum absolute atomic E-state index is 11.6. The van der Waals surface area contributed by atoms with Gasteiger partial charge in [-0.3, -0.25) is 9.59 Å². The van der Waals surface area contributed by atoms with Crippen LogP contribution in [0.5, 0.6) is 5.75 Å². The van der Waals surface area contributed by atoms with Crippen LogP contribution in [0.1, 0.15) is 26.7 Å². The molecule has 0 aromatic heterocycles.